The number of carbonyl (C=O) groups is 4. The van der Waals surface area contributed by atoms with Crippen molar-refractivity contribution in [1.29, 1.82) is 0 Å². The Hall–Kier alpha value is -0.903. The summed E-state index contributed by atoms with van der Waals surface area (Å²) < 4.78 is 0. The van der Waals surface area contributed by atoms with E-state index >= 15 is 0 Å². The second kappa shape index (κ2) is 19.2. The molecule has 12 nitrogen and oxygen atoms in total. The van der Waals surface area contributed by atoms with Crippen molar-refractivity contribution in [2.24, 2.45) is 16.9 Å². The Kier molecular flexibility index (Phi) is 19.8. The number of carboxylic acid groups (broad SMARTS) is 4. The fraction of sp³-hybridized carbons (Fsp3) is 0.833. The third kappa shape index (κ3) is 12.5. The van der Waals surface area contributed by atoms with Gasteiger partial charge in [0.1, 0.15) is 0 Å². The van der Waals surface area contributed by atoms with Crippen LogP contribution in [0.5, 0.6) is 0 Å². The Bertz CT molecular complexity index is 701. The molecular weight excluding hydrogens is 862 g/mol. The van der Waals surface area contributed by atoms with Gasteiger partial charge in [0, 0.05) is 41.7 Å². The van der Waals surface area contributed by atoms with Crippen LogP contribution in [0.3, 0.4) is 0 Å². The Morgan fingerprint density at radius 2 is 0.974 bits per heavy atom. The van der Waals surface area contributed by atoms with Gasteiger partial charge in [-0.3, -0.25) is 0 Å². The Morgan fingerprint density at radius 1 is 0.658 bits per heavy atom. The van der Waals surface area contributed by atoms with Crippen molar-refractivity contribution in [3.05, 3.63) is 0 Å². The van der Waals surface area contributed by atoms with Crippen LogP contribution in [0.4, 0.5) is 0 Å². The molecule has 0 bridgehead atoms. The van der Waals surface area contributed by atoms with Crippen LogP contribution in [0.2, 0.25) is 0 Å². The average Bonchev–Trinajstić information content (AvgIpc) is 2.76. The minimum absolute atomic E-state index is 0. The number of nitrogens with one attached hydrogen (secondary N) is 2. The number of carbonyl (C=O) groups excluding carboxylic acids is 4. The zero-order valence-electron chi connectivity index (χ0n) is 21.8. The molecule has 3 aliphatic carbocycles. The maximum Gasteiger partial charge on any atom is 2.00 e. The van der Waals surface area contributed by atoms with Crippen LogP contribution < -0.4 is 42.5 Å². The van der Waals surface area contributed by atoms with E-state index in [0.29, 0.717) is 6.42 Å². The molecule has 3 rings (SSSR count). The number of carboxylic acids is 4. The normalized spacial score (nSPS) is 26.9. The molecular formula is C24H40N4O8Pt2. The van der Waals surface area contributed by atoms with Crippen LogP contribution in [0.15, 0.2) is 0 Å². The van der Waals surface area contributed by atoms with Crippen LogP contribution in [0.25, 0.3) is 0 Å². The summed E-state index contributed by atoms with van der Waals surface area (Å²) in [6.07, 6.45) is 9.40. The van der Waals surface area contributed by atoms with Gasteiger partial charge in [0.25, 0.3) is 0 Å². The van der Waals surface area contributed by atoms with Gasteiger partial charge in [0.15, 0.2) is 0 Å². The molecule has 0 aromatic rings. The van der Waals surface area contributed by atoms with Gasteiger partial charge >= 0.3 is 42.1 Å². The zero-order chi connectivity index (χ0) is 27.5. The quantitative estimate of drug-likeness (QED) is 0.169. The maximum absolute atomic E-state index is 10.5. The summed E-state index contributed by atoms with van der Waals surface area (Å²) in [5, 5.41) is 47.3. The second-order valence-electron chi connectivity index (χ2n) is 10.0. The SMILES string of the molecule is CC(N[C@@H]1CCCC[C@H]1N)C(=O)[O-].CC(N[C@@H]1CCCC[C@H]1N)C(=O)[O-].O=C([O-])C1(C(=O)[O-])CCC1.[Pt+2].[Pt+2]. The molecule has 38 heavy (non-hydrogen) atoms. The Morgan fingerprint density at radius 3 is 1.16 bits per heavy atom. The fourth-order valence-electron chi connectivity index (χ4n) is 4.53. The second-order valence-corrected chi connectivity index (χ2v) is 10.0. The molecule has 14 heteroatoms. The van der Waals surface area contributed by atoms with Gasteiger partial charge < -0.3 is 61.7 Å². The van der Waals surface area contributed by atoms with Gasteiger partial charge in [0.05, 0.1) is 23.9 Å². The first-order chi connectivity index (χ1) is 16.8. The zero-order valence-corrected chi connectivity index (χ0v) is 26.3. The minimum atomic E-state index is -1.67. The van der Waals surface area contributed by atoms with E-state index in [1.54, 1.807) is 13.8 Å². The molecule has 6 N–H and O–H groups in total. The van der Waals surface area contributed by atoms with Crippen molar-refractivity contribution in [2.45, 2.75) is 121 Å². The van der Waals surface area contributed by atoms with E-state index in [1.165, 1.54) is 0 Å². The summed E-state index contributed by atoms with van der Waals surface area (Å²) in [6, 6.07) is -0.738. The predicted octanol–water partition coefficient (Wildman–Crippen LogP) is -4.38. The first-order valence-electron chi connectivity index (χ1n) is 12.7. The molecule has 0 spiro atoms. The van der Waals surface area contributed by atoms with Gasteiger partial charge in [-0.25, -0.2) is 0 Å². The Labute approximate surface area is 253 Å². The van der Waals surface area contributed by atoms with Crippen molar-refractivity contribution >= 4 is 23.9 Å². The van der Waals surface area contributed by atoms with E-state index in [0.717, 1.165) is 51.4 Å². The van der Waals surface area contributed by atoms with E-state index in [-0.39, 0.29) is 79.1 Å². The molecule has 0 aromatic heterocycles. The van der Waals surface area contributed by atoms with Gasteiger partial charge in [0.2, 0.25) is 0 Å². The molecule has 3 saturated carbocycles. The maximum atomic E-state index is 10.5. The van der Waals surface area contributed by atoms with Crippen molar-refractivity contribution in [3.63, 3.8) is 0 Å². The molecule has 3 fully saturated rings. The number of hydrogen-bond acceptors (Lipinski definition) is 12. The monoisotopic (exact) mass is 902 g/mol. The smallest absolute Gasteiger partial charge is 0.549 e. The molecule has 0 amide bonds. The van der Waals surface area contributed by atoms with Crippen molar-refractivity contribution in [1.82, 2.24) is 10.6 Å². The molecule has 0 aliphatic heterocycles. The summed E-state index contributed by atoms with van der Waals surface area (Å²) in [4.78, 5) is 41.4. The van der Waals surface area contributed by atoms with Crippen molar-refractivity contribution in [2.75, 3.05) is 0 Å². The van der Waals surface area contributed by atoms with E-state index in [2.05, 4.69) is 10.6 Å². The summed E-state index contributed by atoms with van der Waals surface area (Å²) in [6.45, 7) is 3.19. The van der Waals surface area contributed by atoms with Gasteiger partial charge in [-0.15, -0.1) is 0 Å². The number of nitrogens with two attached hydrogens (primary N) is 2. The van der Waals surface area contributed by atoms with Crippen LogP contribution >= 0.6 is 0 Å². The number of aliphatic carboxylic acids is 4. The van der Waals surface area contributed by atoms with Crippen molar-refractivity contribution in [3.8, 4) is 0 Å². The average molecular weight is 903 g/mol. The molecule has 6 atom stereocenters. The topological polar surface area (TPSA) is 237 Å². The Balaban J connectivity index is 0. The molecule has 2 unspecified atom stereocenters. The summed E-state index contributed by atoms with van der Waals surface area (Å²) in [7, 11) is 0. The van der Waals surface area contributed by atoms with E-state index in [4.69, 9.17) is 11.5 Å². The van der Waals surface area contributed by atoms with Crippen molar-refractivity contribution < 1.29 is 81.7 Å². The third-order valence-corrected chi connectivity index (χ3v) is 7.26. The van der Waals surface area contributed by atoms with Crippen LogP contribution in [0, 0.1) is 5.41 Å². The number of hydrogen-bond donors (Lipinski definition) is 4. The van der Waals surface area contributed by atoms with Crippen LogP contribution in [-0.4, -0.2) is 60.1 Å². The summed E-state index contributed by atoms with van der Waals surface area (Å²) in [5.74, 6) is -5.15. The fourth-order valence-corrected chi connectivity index (χ4v) is 4.53. The minimum Gasteiger partial charge on any atom is -0.549 e. The van der Waals surface area contributed by atoms with Gasteiger partial charge in [-0.2, -0.15) is 0 Å². The molecule has 0 aromatic carbocycles. The summed E-state index contributed by atoms with van der Waals surface area (Å²) in [5.41, 5.74) is 10.0. The predicted molar refractivity (Wildman–Crippen MR) is 122 cm³/mol. The van der Waals surface area contributed by atoms with E-state index in [9.17, 15) is 39.6 Å². The van der Waals surface area contributed by atoms with E-state index in [1.807, 2.05) is 0 Å². The first-order valence-corrected chi connectivity index (χ1v) is 12.7. The molecule has 224 valence electrons. The van der Waals surface area contributed by atoms with Crippen LogP contribution in [-0.2, 0) is 61.3 Å². The standard InChI is InChI=1S/2C9H18N2O2.C6H8O4.2Pt/c2*1-6(9(12)13)11-8-5-3-2-4-7(8)10;7-4(8)6(5(9)10)2-1-3-6;;/h2*6-8,11H,2-5,10H2,1H3,(H,12,13);1-3H2,(H,7,8)(H,9,10);;/q;;;2*+2/p-4/t2*6?,7-,8-;;;/m11.../s1. The molecule has 3 aliphatic rings. The molecule has 0 radical (unpaired) electrons. The molecule has 0 saturated heterocycles. The van der Waals surface area contributed by atoms with Gasteiger partial charge in [-0.05, 0) is 52.4 Å². The summed E-state index contributed by atoms with van der Waals surface area (Å²) >= 11 is 0. The number of rotatable bonds is 8. The first kappa shape index (κ1) is 39.2. The third-order valence-electron chi connectivity index (χ3n) is 7.26. The largest absolute Gasteiger partial charge is 2.00 e. The van der Waals surface area contributed by atoms with E-state index < -0.39 is 41.4 Å². The van der Waals surface area contributed by atoms with Gasteiger partial charge in [-0.1, -0.05) is 32.1 Å². The van der Waals surface area contributed by atoms with Crippen LogP contribution in [0.1, 0.15) is 84.5 Å². The molecule has 0 heterocycles.